The van der Waals surface area contributed by atoms with Crippen LogP contribution in [0.4, 0.5) is 8.78 Å². The minimum absolute atomic E-state index is 0.0554. The predicted molar refractivity (Wildman–Crippen MR) is 96.0 cm³/mol. The molecule has 0 aliphatic heterocycles. The average molecular weight is 365 g/mol. The molecule has 1 aromatic carbocycles. The molecule has 0 aliphatic rings. The molecule has 0 amide bonds. The second-order valence-electron chi connectivity index (χ2n) is 6.06. The summed E-state index contributed by atoms with van der Waals surface area (Å²) in [6.45, 7) is 4.17. The maximum atomic E-state index is 14.1. The van der Waals surface area contributed by atoms with Crippen LogP contribution in [0.3, 0.4) is 0 Å². The Hall–Kier alpha value is -1.95. The zero-order valence-corrected chi connectivity index (χ0v) is 15.0. The smallest absolute Gasteiger partial charge is 0.303 e. The fourth-order valence-electron chi connectivity index (χ4n) is 2.37. The highest BCUT2D eigenvalue weighted by atomic mass is 32.2. The number of aromatic nitrogens is 1. The first-order valence-corrected chi connectivity index (χ1v) is 9.00. The van der Waals surface area contributed by atoms with Gasteiger partial charge in [-0.15, -0.1) is 11.8 Å². The first-order valence-electron chi connectivity index (χ1n) is 8.12. The standard InChI is InChI=1S/C19H21F2NO2S/c1-13(2)25-17-6-3-5-16(22-17)14-8-10-15(11-9-14)19(20,21)12-4-7-18(23)24/h3,5-6,8-11,13H,4,7,12H2,1-2H3,(H,23,24). The van der Waals surface area contributed by atoms with Gasteiger partial charge in [0.15, 0.2) is 0 Å². The van der Waals surface area contributed by atoms with Crippen molar-refractivity contribution in [2.24, 2.45) is 0 Å². The zero-order chi connectivity index (χ0) is 18.4. The monoisotopic (exact) mass is 365 g/mol. The molecule has 0 spiro atoms. The number of thioether (sulfide) groups is 1. The lowest BCUT2D eigenvalue weighted by Crippen LogP contribution is -2.13. The number of halogens is 2. The minimum atomic E-state index is -3.03. The molecule has 0 unspecified atom stereocenters. The van der Waals surface area contributed by atoms with E-state index in [4.69, 9.17) is 5.11 Å². The summed E-state index contributed by atoms with van der Waals surface area (Å²) in [5.74, 6) is -4.09. The third kappa shape index (κ3) is 5.81. The number of carbonyl (C=O) groups is 1. The zero-order valence-electron chi connectivity index (χ0n) is 14.2. The van der Waals surface area contributed by atoms with Gasteiger partial charge in [-0.1, -0.05) is 44.2 Å². The van der Waals surface area contributed by atoms with Crippen LogP contribution < -0.4 is 0 Å². The van der Waals surface area contributed by atoms with Gasteiger partial charge in [0.05, 0.1) is 10.7 Å². The van der Waals surface area contributed by atoms with E-state index in [1.807, 2.05) is 18.2 Å². The number of benzene rings is 1. The Labute approximate surface area is 150 Å². The number of rotatable bonds is 8. The molecule has 2 aromatic rings. The van der Waals surface area contributed by atoms with E-state index in [1.54, 1.807) is 23.9 Å². The molecule has 0 saturated carbocycles. The first-order chi connectivity index (χ1) is 11.8. The van der Waals surface area contributed by atoms with Gasteiger partial charge in [0.25, 0.3) is 5.92 Å². The Kier molecular flexibility index (Phi) is 6.53. The summed E-state index contributed by atoms with van der Waals surface area (Å²) < 4.78 is 28.3. The Morgan fingerprint density at radius 1 is 1.20 bits per heavy atom. The van der Waals surface area contributed by atoms with E-state index in [9.17, 15) is 13.6 Å². The molecule has 2 rings (SSSR count). The summed E-state index contributed by atoms with van der Waals surface area (Å²) in [5, 5.41) is 9.88. The number of alkyl halides is 2. The molecule has 0 aliphatic carbocycles. The molecule has 25 heavy (non-hydrogen) atoms. The van der Waals surface area contributed by atoms with E-state index in [0.29, 0.717) is 5.25 Å². The summed E-state index contributed by atoms with van der Waals surface area (Å²) in [6.07, 6.45) is -0.782. The van der Waals surface area contributed by atoms with Crippen molar-refractivity contribution < 1.29 is 18.7 Å². The number of carboxylic acids is 1. The lowest BCUT2D eigenvalue weighted by atomic mass is 10.0. The van der Waals surface area contributed by atoms with Crippen molar-refractivity contribution in [3.63, 3.8) is 0 Å². The molecule has 0 atom stereocenters. The maximum absolute atomic E-state index is 14.1. The fraction of sp³-hybridized carbons (Fsp3) is 0.368. The molecular weight excluding hydrogens is 344 g/mol. The van der Waals surface area contributed by atoms with Crippen LogP contribution in [-0.2, 0) is 10.7 Å². The minimum Gasteiger partial charge on any atom is -0.481 e. The van der Waals surface area contributed by atoms with Gasteiger partial charge in [0, 0.05) is 29.2 Å². The molecule has 134 valence electrons. The Bertz CT molecular complexity index is 718. The molecule has 0 saturated heterocycles. The van der Waals surface area contributed by atoms with E-state index >= 15 is 0 Å². The largest absolute Gasteiger partial charge is 0.481 e. The molecule has 0 fully saturated rings. The summed E-state index contributed by atoms with van der Waals surface area (Å²) in [6, 6.07) is 11.7. The second-order valence-corrected chi connectivity index (χ2v) is 7.65. The third-order valence-electron chi connectivity index (χ3n) is 3.56. The highest BCUT2D eigenvalue weighted by Crippen LogP contribution is 2.34. The molecule has 1 aromatic heterocycles. The highest BCUT2D eigenvalue weighted by molar-refractivity contribution is 7.99. The topological polar surface area (TPSA) is 50.2 Å². The Balaban J connectivity index is 2.12. The summed E-state index contributed by atoms with van der Waals surface area (Å²) >= 11 is 1.65. The van der Waals surface area contributed by atoms with Crippen molar-refractivity contribution in [1.82, 2.24) is 4.98 Å². The van der Waals surface area contributed by atoms with Gasteiger partial charge in [-0.3, -0.25) is 4.79 Å². The van der Waals surface area contributed by atoms with Gasteiger partial charge in [-0.2, -0.15) is 0 Å². The van der Waals surface area contributed by atoms with Crippen LogP contribution in [0.25, 0.3) is 11.3 Å². The van der Waals surface area contributed by atoms with E-state index in [2.05, 4.69) is 18.8 Å². The van der Waals surface area contributed by atoms with Crippen LogP contribution in [0, 0.1) is 0 Å². The Morgan fingerprint density at radius 3 is 2.48 bits per heavy atom. The van der Waals surface area contributed by atoms with Gasteiger partial charge in [-0.25, -0.2) is 13.8 Å². The fourth-order valence-corrected chi connectivity index (χ4v) is 3.16. The molecule has 0 bridgehead atoms. The van der Waals surface area contributed by atoms with Crippen molar-refractivity contribution in [1.29, 1.82) is 0 Å². The van der Waals surface area contributed by atoms with Crippen molar-refractivity contribution in [3.8, 4) is 11.3 Å². The van der Waals surface area contributed by atoms with E-state index in [1.165, 1.54) is 12.1 Å². The van der Waals surface area contributed by atoms with Crippen LogP contribution in [0.5, 0.6) is 0 Å². The van der Waals surface area contributed by atoms with Crippen LogP contribution >= 0.6 is 11.8 Å². The van der Waals surface area contributed by atoms with Crippen molar-refractivity contribution in [2.75, 3.05) is 0 Å². The summed E-state index contributed by atoms with van der Waals surface area (Å²) in [7, 11) is 0. The van der Waals surface area contributed by atoms with Gasteiger partial charge in [0.2, 0.25) is 0 Å². The molecule has 1 heterocycles. The number of pyridine rings is 1. The maximum Gasteiger partial charge on any atom is 0.303 e. The normalized spacial score (nSPS) is 11.7. The molecule has 1 N–H and O–H groups in total. The van der Waals surface area contributed by atoms with Gasteiger partial charge in [0.1, 0.15) is 0 Å². The highest BCUT2D eigenvalue weighted by Gasteiger charge is 2.30. The van der Waals surface area contributed by atoms with Crippen molar-refractivity contribution in [3.05, 3.63) is 48.0 Å². The van der Waals surface area contributed by atoms with Crippen LogP contribution in [0.1, 0.15) is 38.7 Å². The van der Waals surface area contributed by atoms with Crippen molar-refractivity contribution >= 4 is 17.7 Å². The number of carboxylic acid groups (broad SMARTS) is 1. The van der Waals surface area contributed by atoms with Gasteiger partial charge in [-0.05, 0) is 18.6 Å². The first kappa shape index (κ1) is 19.4. The van der Waals surface area contributed by atoms with Crippen LogP contribution in [-0.4, -0.2) is 21.3 Å². The number of hydrogen-bond acceptors (Lipinski definition) is 3. The second kappa shape index (κ2) is 8.43. The number of aliphatic carboxylic acids is 1. The summed E-state index contributed by atoms with van der Waals surface area (Å²) in [5.41, 5.74) is 1.41. The van der Waals surface area contributed by atoms with E-state index in [0.717, 1.165) is 16.3 Å². The Morgan fingerprint density at radius 2 is 1.88 bits per heavy atom. The lowest BCUT2D eigenvalue weighted by molar-refractivity contribution is -0.137. The predicted octanol–water partition coefficient (Wildman–Crippen LogP) is 5.60. The molecule has 6 heteroatoms. The van der Waals surface area contributed by atoms with Crippen molar-refractivity contribution in [2.45, 2.75) is 49.3 Å². The van der Waals surface area contributed by atoms with E-state index in [-0.39, 0.29) is 18.4 Å². The van der Waals surface area contributed by atoms with Gasteiger partial charge >= 0.3 is 5.97 Å². The lowest BCUT2D eigenvalue weighted by Gasteiger charge is -2.16. The quantitative estimate of drug-likeness (QED) is 0.619. The molecule has 3 nitrogen and oxygen atoms in total. The van der Waals surface area contributed by atoms with Crippen LogP contribution in [0.15, 0.2) is 47.5 Å². The molecular formula is C19H21F2NO2S. The summed E-state index contributed by atoms with van der Waals surface area (Å²) in [4.78, 5) is 15.0. The van der Waals surface area contributed by atoms with Crippen LogP contribution in [0.2, 0.25) is 0 Å². The van der Waals surface area contributed by atoms with Gasteiger partial charge < -0.3 is 5.11 Å². The molecule has 0 radical (unpaired) electrons. The van der Waals surface area contributed by atoms with E-state index < -0.39 is 18.3 Å². The average Bonchev–Trinajstić information content (AvgIpc) is 2.54. The third-order valence-corrected chi connectivity index (χ3v) is 4.50. The SMILES string of the molecule is CC(C)Sc1cccc(-c2ccc(C(F)(F)CCCC(=O)O)cc2)n1. The number of nitrogens with zero attached hydrogens (tertiary/aromatic N) is 1. The number of hydrogen-bond donors (Lipinski definition) is 1.